The van der Waals surface area contributed by atoms with Gasteiger partial charge in [-0.25, -0.2) is 0 Å². The van der Waals surface area contributed by atoms with E-state index >= 15 is 0 Å². The highest BCUT2D eigenvalue weighted by Gasteiger charge is 2.10. The molecular formula is C26H29N3O2. The molecule has 0 bridgehead atoms. The number of carbonyl (C=O) groups excluding carboxylic acids is 2. The predicted octanol–water partition coefficient (Wildman–Crippen LogP) is 5.01. The fraction of sp³-hybridized carbons (Fsp3) is 0.231. The number of benzene rings is 3. The van der Waals surface area contributed by atoms with Crippen molar-refractivity contribution >= 4 is 23.6 Å². The monoisotopic (exact) mass is 415 g/mol. The van der Waals surface area contributed by atoms with Crippen molar-refractivity contribution in [1.29, 1.82) is 0 Å². The summed E-state index contributed by atoms with van der Waals surface area (Å²) < 4.78 is 0. The molecule has 3 aromatic rings. The van der Waals surface area contributed by atoms with Crippen LogP contribution in [0.15, 0.2) is 72.8 Å². The van der Waals surface area contributed by atoms with Crippen molar-refractivity contribution in [3.8, 4) is 0 Å². The number of hydrogen-bond donors (Lipinski definition) is 2. The van der Waals surface area contributed by atoms with Gasteiger partial charge in [0.05, 0.1) is 0 Å². The van der Waals surface area contributed by atoms with Gasteiger partial charge in [-0.3, -0.25) is 14.5 Å². The zero-order valence-electron chi connectivity index (χ0n) is 18.1. The molecule has 0 aliphatic rings. The Hall–Kier alpha value is -3.44. The number of amides is 1. The molecule has 0 radical (unpaired) electrons. The first-order chi connectivity index (χ1) is 15.1. The van der Waals surface area contributed by atoms with Crippen LogP contribution in [-0.4, -0.2) is 30.2 Å². The lowest BCUT2D eigenvalue weighted by Crippen LogP contribution is -2.26. The molecule has 31 heavy (non-hydrogen) atoms. The number of carbonyl (C=O) groups is 2. The topological polar surface area (TPSA) is 61.4 Å². The van der Waals surface area contributed by atoms with Crippen molar-refractivity contribution in [2.45, 2.75) is 26.9 Å². The molecule has 1 amide bonds. The van der Waals surface area contributed by atoms with E-state index in [1.807, 2.05) is 42.5 Å². The molecule has 0 unspecified atom stereocenters. The van der Waals surface area contributed by atoms with Crippen molar-refractivity contribution < 1.29 is 9.59 Å². The van der Waals surface area contributed by atoms with Crippen LogP contribution in [0.3, 0.4) is 0 Å². The standard InChI is InChI=1S/C26H29N3O2/c1-3-29(4-2)18-23-9-6-5-8-22(23)17-27-26(31)21-10-7-11-25(16-21)28-24-14-12-20(19-30)13-15-24/h5-16,19,28H,3-4,17-18H2,1-2H3,(H,27,31). The van der Waals surface area contributed by atoms with Gasteiger partial charge in [-0.05, 0) is 66.7 Å². The largest absolute Gasteiger partial charge is 0.356 e. The highest BCUT2D eigenvalue weighted by Crippen LogP contribution is 2.18. The van der Waals surface area contributed by atoms with Gasteiger partial charge in [0.15, 0.2) is 0 Å². The van der Waals surface area contributed by atoms with Crippen LogP contribution >= 0.6 is 0 Å². The van der Waals surface area contributed by atoms with Crippen LogP contribution in [0, 0.1) is 0 Å². The first kappa shape index (κ1) is 22.2. The molecular weight excluding hydrogens is 386 g/mol. The SMILES string of the molecule is CCN(CC)Cc1ccccc1CNC(=O)c1cccc(Nc2ccc(C=O)cc2)c1. The predicted molar refractivity (Wildman–Crippen MR) is 126 cm³/mol. The minimum atomic E-state index is -0.113. The van der Waals surface area contributed by atoms with Crippen molar-refractivity contribution in [1.82, 2.24) is 10.2 Å². The van der Waals surface area contributed by atoms with Crippen LogP contribution in [0.2, 0.25) is 0 Å². The van der Waals surface area contributed by atoms with E-state index in [-0.39, 0.29) is 5.91 Å². The second-order valence-electron chi connectivity index (χ2n) is 7.36. The van der Waals surface area contributed by atoms with Crippen LogP contribution in [-0.2, 0) is 13.1 Å². The summed E-state index contributed by atoms with van der Waals surface area (Å²) >= 11 is 0. The molecule has 5 nitrogen and oxygen atoms in total. The summed E-state index contributed by atoms with van der Waals surface area (Å²) in [5.41, 5.74) is 5.26. The first-order valence-corrected chi connectivity index (χ1v) is 10.6. The zero-order valence-corrected chi connectivity index (χ0v) is 18.1. The minimum absolute atomic E-state index is 0.113. The third-order valence-electron chi connectivity index (χ3n) is 5.31. The molecule has 3 rings (SSSR count). The van der Waals surface area contributed by atoms with Gasteiger partial charge >= 0.3 is 0 Å². The van der Waals surface area contributed by atoms with Crippen molar-refractivity contribution in [2.75, 3.05) is 18.4 Å². The highest BCUT2D eigenvalue weighted by atomic mass is 16.1. The quantitative estimate of drug-likeness (QED) is 0.457. The van der Waals surface area contributed by atoms with E-state index in [1.165, 1.54) is 5.56 Å². The van der Waals surface area contributed by atoms with E-state index in [1.54, 1.807) is 18.2 Å². The fourth-order valence-corrected chi connectivity index (χ4v) is 3.40. The van der Waals surface area contributed by atoms with Crippen LogP contribution in [0.25, 0.3) is 0 Å². The second-order valence-corrected chi connectivity index (χ2v) is 7.36. The Balaban J connectivity index is 1.65. The molecule has 0 aliphatic heterocycles. The van der Waals surface area contributed by atoms with Crippen LogP contribution in [0.4, 0.5) is 11.4 Å². The average molecular weight is 416 g/mol. The lowest BCUT2D eigenvalue weighted by Gasteiger charge is -2.20. The molecule has 5 heteroatoms. The summed E-state index contributed by atoms with van der Waals surface area (Å²) in [6, 6.07) is 22.8. The van der Waals surface area contributed by atoms with Gasteiger partial charge in [0, 0.05) is 35.6 Å². The van der Waals surface area contributed by atoms with E-state index in [4.69, 9.17) is 0 Å². The first-order valence-electron chi connectivity index (χ1n) is 10.6. The van der Waals surface area contributed by atoms with Gasteiger partial charge in [0.25, 0.3) is 5.91 Å². The molecule has 0 saturated carbocycles. The third kappa shape index (κ3) is 6.27. The molecule has 0 aromatic heterocycles. The Morgan fingerprint density at radius 1 is 0.871 bits per heavy atom. The highest BCUT2D eigenvalue weighted by molar-refractivity contribution is 5.95. The summed E-state index contributed by atoms with van der Waals surface area (Å²) in [6.07, 6.45) is 0.814. The summed E-state index contributed by atoms with van der Waals surface area (Å²) in [4.78, 5) is 25.9. The van der Waals surface area contributed by atoms with Gasteiger partial charge in [-0.15, -0.1) is 0 Å². The lowest BCUT2D eigenvalue weighted by atomic mass is 10.1. The molecule has 0 saturated heterocycles. The molecule has 0 aliphatic carbocycles. The van der Waals surface area contributed by atoms with Crippen molar-refractivity contribution in [3.05, 3.63) is 95.1 Å². The summed E-state index contributed by atoms with van der Waals surface area (Å²) in [7, 11) is 0. The number of nitrogens with one attached hydrogen (secondary N) is 2. The van der Waals surface area contributed by atoms with Crippen LogP contribution in [0.5, 0.6) is 0 Å². The molecule has 160 valence electrons. The molecule has 0 heterocycles. The van der Waals surface area contributed by atoms with Gasteiger partial charge in [-0.1, -0.05) is 44.2 Å². The van der Waals surface area contributed by atoms with E-state index in [0.29, 0.717) is 17.7 Å². The van der Waals surface area contributed by atoms with Crippen LogP contribution < -0.4 is 10.6 Å². The third-order valence-corrected chi connectivity index (χ3v) is 5.31. The number of anilines is 2. The van der Waals surface area contributed by atoms with E-state index in [9.17, 15) is 9.59 Å². The van der Waals surface area contributed by atoms with Crippen molar-refractivity contribution in [2.24, 2.45) is 0 Å². The average Bonchev–Trinajstić information content (AvgIpc) is 2.82. The zero-order chi connectivity index (χ0) is 22.1. The molecule has 2 N–H and O–H groups in total. The maximum absolute atomic E-state index is 12.8. The number of hydrogen-bond acceptors (Lipinski definition) is 4. The van der Waals surface area contributed by atoms with Crippen LogP contribution in [0.1, 0.15) is 45.7 Å². The lowest BCUT2D eigenvalue weighted by molar-refractivity contribution is 0.0950. The number of nitrogens with zero attached hydrogens (tertiary/aromatic N) is 1. The Kier molecular flexibility index (Phi) is 7.96. The summed E-state index contributed by atoms with van der Waals surface area (Å²) in [6.45, 7) is 7.67. The minimum Gasteiger partial charge on any atom is -0.356 e. The second kappa shape index (κ2) is 11.1. The van der Waals surface area contributed by atoms with Crippen molar-refractivity contribution in [3.63, 3.8) is 0 Å². The molecule has 3 aromatic carbocycles. The van der Waals surface area contributed by atoms with E-state index < -0.39 is 0 Å². The van der Waals surface area contributed by atoms with Gasteiger partial charge in [0.1, 0.15) is 6.29 Å². The smallest absolute Gasteiger partial charge is 0.251 e. The van der Waals surface area contributed by atoms with Gasteiger partial charge < -0.3 is 10.6 Å². The summed E-state index contributed by atoms with van der Waals surface area (Å²) in [5.74, 6) is -0.113. The Morgan fingerprint density at radius 3 is 2.26 bits per heavy atom. The maximum atomic E-state index is 12.8. The van der Waals surface area contributed by atoms with E-state index in [2.05, 4.69) is 41.5 Å². The fourth-order valence-electron chi connectivity index (χ4n) is 3.40. The molecule has 0 spiro atoms. The van der Waals surface area contributed by atoms with Gasteiger partial charge in [0.2, 0.25) is 0 Å². The Labute approximate surface area is 184 Å². The Bertz CT molecular complexity index is 1010. The molecule has 0 fully saturated rings. The number of aldehydes is 1. The number of rotatable bonds is 10. The summed E-state index contributed by atoms with van der Waals surface area (Å²) in [5, 5.41) is 6.31. The normalized spacial score (nSPS) is 10.7. The van der Waals surface area contributed by atoms with Gasteiger partial charge in [-0.2, -0.15) is 0 Å². The van der Waals surface area contributed by atoms with E-state index in [0.717, 1.165) is 42.9 Å². The maximum Gasteiger partial charge on any atom is 0.251 e. The molecule has 0 atom stereocenters. The Morgan fingerprint density at radius 2 is 1.58 bits per heavy atom.